The van der Waals surface area contributed by atoms with Gasteiger partial charge in [-0.2, -0.15) is 0 Å². The van der Waals surface area contributed by atoms with Crippen molar-refractivity contribution in [3.8, 4) is 11.5 Å². The fourth-order valence-electron chi connectivity index (χ4n) is 2.14. The molecule has 0 saturated heterocycles. The van der Waals surface area contributed by atoms with Crippen molar-refractivity contribution in [2.24, 2.45) is 0 Å². The summed E-state index contributed by atoms with van der Waals surface area (Å²) in [6, 6.07) is 8.65. The summed E-state index contributed by atoms with van der Waals surface area (Å²) in [7, 11) is 0. The number of fused-ring (bicyclic) bond motifs is 1. The average molecular weight is 335 g/mol. The molecular formula is C15H11ClN2O5. The third-order valence-corrected chi connectivity index (χ3v) is 3.45. The van der Waals surface area contributed by atoms with Gasteiger partial charge in [0.15, 0.2) is 11.5 Å². The number of anilines is 1. The van der Waals surface area contributed by atoms with Gasteiger partial charge in [0.25, 0.3) is 11.6 Å². The summed E-state index contributed by atoms with van der Waals surface area (Å²) >= 11 is 6.09. The number of ether oxygens (including phenoxy) is 2. The van der Waals surface area contributed by atoms with Crippen LogP contribution in [0.3, 0.4) is 0 Å². The van der Waals surface area contributed by atoms with E-state index in [4.69, 9.17) is 21.1 Å². The van der Waals surface area contributed by atoms with Crippen molar-refractivity contribution < 1.29 is 19.2 Å². The summed E-state index contributed by atoms with van der Waals surface area (Å²) in [5.74, 6) is 0.349. The Hall–Kier alpha value is -2.80. The molecule has 0 bridgehead atoms. The summed E-state index contributed by atoms with van der Waals surface area (Å²) in [4.78, 5) is 22.5. The molecule has 0 aliphatic carbocycles. The highest BCUT2D eigenvalue weighted by Crippen LogP contribution is 2.38. The van der Waals surface area contributed by atoms with E-state index in [0.29, 0.717) is 30.4 Å². The maximum absolute atomic E-state index is 12.3. The van der Waals surface area contributed by atoms with Crippen molar-refractivity contribution in [1.82, 2.24) is 0 Å². The first kappa shape index (κ1) is 15.1. The van der Waals surface area contributed by atoms with Crippen molar-refractivity contribution in [1.29, 1.82) is 0 Å². The molecule has 23 heavy (non-hydrogen) atoms. The van der Waals surface area contributed by atoms with E-state index in [1.54, 1.807) is 6.07 Å². The van der Waals surface area contributed by atoms with Crippen LogP contribution in [0.2, 0.25) is 5.02 Å². The molecule has 0 atom stereocenters. The molecule has 0 spiro atoms. The van der Waals surface area contributed by atoms with Crippen LogP contribution >= 0.6 is 11.6 Å². The Morgan fingerprint density at radius 1 is 1.22 bits per heavy atom. The molecule has 0 aromatic heterocycles. The first-order valence-electron chi connectivity index (χ1n) is 6.69. The van der Waals surface area contributed by atoms with Gasteiger partial charge in [0.05, 0.1) is 9.95 Å². The van der Waals surface area contributed by atoms with Crippen LogP contribution in [0.15, 0.2) is 36.4 Å². The summed E-state index contributed by atoms with van der Waals surface area (Å²) in [6.45, 7) is 0.769. The van der Waals surface area contributed by atoms with E-state index in [1.165, 1.54) is 30.3 Å². The predicted octanol–water partition coefficient (Wildman–Crippen LogP) is 3.27. The van der Waals surface area contributed by atoms with Gasteiger partial charge in [-0.3, -0.25) is 14.9 Å². The van der Waals surface area contributed by atoms with Gasteiger partial charge in [0.1, 0.15) is 13.2 Å². The third kappa shape index (κ3) is 3.19. The Morgan fingerprint density at radius 3 is 2.78 bits per heavy atom. The lowest BCUT2D eigenvalue weighted by Crippen LogP contribution is -2.17. The van der Waals surface area contributed by atoms with E-state index in [9.17, 15) is 14.9 Å². The van der Waals surface area contributed by atoms with Crippen LogP contribution in [0.1, 0.15) is 10.4 Å². The number of rotatable bonds is 3. The molecule has 0 fully saturated rings. The van der Waals surface area contributed by atoms with Crippen LogP contribution in [-0.2, 0) is 0 Å². The van der Waals surface area contributed by atoms with Crippen molar-refractivity contribution in [3.05, 3.63) is 57.1 Å². The fourth-order valence-corrected chi connectivity index (χ4v) is 2.41. The monoisotopic (exact) mass is 334 g/mol. The fraction of sp³-hybridized carbons (Fsp3) is 0.133. The molecule has 7 nitrogen and oxygen atoms in total. The number of hydrogen-bond donors (Lipinski definition) is 1. The van der Waals surface area contributed by atoms with Crippen molar-refractivity contribution in [2.75, 3.05) is 18.5 Å². The maximum atomic E-state index is 12.3. The number of amides is 1. The second-order valence-corrected chi connectivity index (χ2v) is 5.15. The Morgan fingerprint density at radius 2 is 2.00 bits per heavy atom. The van der Waals surface area contributed by atoms with E-state index in [-0.39, 0.29) is 16.3 Å². The van der Waals surface area contributed by atoms with Crippen molar-refractivity contribution in [3.63, 3.8) is 0 Å². The molecule has 1 amide bonds. The number of carbonyl (C=O) groups is 1. The minimum Gasteiger partial charge on any atom is -0.486 e. The molecule has 1 aliphatic rings. The van der Waals surface area contributed by atoms with Gasteiger partial charge in [-0.25, -0.2) is 0 Å². The van der Waals surface area contributed by atoms with Gasteiger partial charge >= 0.3 is 0 Å². The second-order valence-electron chi connectivity index (χ2n) is 4.74. The number of halogens is 1. The second kappa shape index (κ2) is 6.13. The van der Waals surface area contributed by atoms with Crippen LogP contribution in [0.5, 0.6) is 11.5 Å². The maximum Gasteiger partial charge on any atom is 0.271 e. The molecule has 1 heterocycles. The highest BCUT2D eigenvalue weighted by atomic mass is 35.5. The SMILES string of the molecule is O=C(Nc1cccc([N+](=O)[O-])c1)c1cc(Cl)c2c(c1)OCCO2. The van der Waals surface area contributed by atoms with E-state index in [0.717, 1.165) is 0 Å². The Bertz CT molecular complexity index is 793. The number of non-ortho nitro benzene ring substituents is 1. The number of nitrogens with one attached hydrogen (secondary N) is 1. The molecule has 2 aromatic carbocycles. The van der Waals surface area contributed by atoms with Gasteiger partial charge in [0, 0.05) is 23.4 Å². The Balaban J connectivity index is 1.85. The van der Waals surface area contributed by atoms with Crippen molar-refractivity contribution >= 4 is 28.9 Å². The first-order valence-corrected chi connectivity index (χ1v) is 7.07. The van der Waals surface area contributed by atoms with E-state index in [1.807, 2.05) is 0 Å². The zero-order chi connectivity index (χ0) is 16.4. The van der Waals surface area contributed by atoms with Crippen LogP contribution in [0.4, 0.5) is 11.4 Å². The molecule has 2 aromatic rings. The standard InChI is InChI=1S/C15H11ClN2O5/c16-12-6-9(7-13-14(12)23-5-4-22-13)15(19)17-10-2-1-3-11(8-10)18(20)21/h1-3,6-8H,4-5H2,(H,17,19). The molecular weight excluding hydrogens is 324 g/mol. The summed E-state index contributed by atoms with van der Waals surface area (Å²) in [5.41, 5.74) is 0.476. The van der Waals surface area contributed by atoms with E-state index < -0.39 is 10.8 Å². The smallest absolute Gasteiger partial charge is 0.271 e. The summed E-state index contributed by atoms with van der Waals surface area (Å²) < 4.78 is 10.8. The van der Waals surface area contributed by atoms with Crippen LogP contribution in [0.25, 0.3) is 0 Å². The summed E-state index contributed by atoms with van der Waals surface area (Å²) in [6.07, 6.45) is 0. The topological polar surface area (TPSA) is 90.7 Å². The number of carbonyl (C=O) groups excluding carboxylic acids is 1. The van der Waals surface area contributed by atoms with Gasteiger partial charge in [0.2, 0.25) is 0 Å². The zero-order valence-corrected chi connectivity index (χ0v) is 12.5. The quantitative estimate of drug-likeness (QED) is 0.687. The van der Waals surface area contributed by atoms with Crippen LogP contribution in [-0.4, -0.2) is 24.0 Å². The largest absolute Gasteiger partial charge is 0.486 e. The van der Waals surface area contributed by atoms with Gasteiger partial charge in [-0.15, -0.1) is 0 Å². The number of hydrogen-bond acceptors (Lipinski definition) is 5. The minimum atomic E-state index is -0.531. The lowest BCUT2D eigenvalue weighted by molar-refractivity contribution is -0.384. The first-order chi connectivity index (χ1) is 11.0. The third-order valence-electron chi connectivity index (χ3n) is 3.17. The molecule has 0 saturated carbocycles. The molecule has 8 heteroatoms. The lowest BCUT2D eigenvalue weighted by atomic mass is 10.1. The molecule has 118 valence electrons. The van der Waals surface area contributed by atoms with E-state index >= 15 is 0 Å². The molecule has 3 rings (SSSR count). The average Bonchev–Trinajstić information content (AvgIpc) is 2.55. The Kier molecular flexibility index (Phi) is 4.03. The zero-order valence-electron chi connectivity index (χ0n) is 11.7. The van der Waals surface area contributed by atoms with Gasteiger partial charge in [-0.05, 0) is 18.2 Å². The van der Waals surface area contributed by atoms with Crippen molar-refractivity contribution in [2.45, 2.75) is 0 Å². The number of nitro benzene ring substituents is 1. The molecule has 0 unspecified atom stereocenters. The normalized spacial score (nSPS) is 12.6. The van der Waals surface area contributed by atoms with Crippen LogP contribution in [0, 0.1) is 10.1 Å². The minimum absolute atomic E-state index is 0.108. The number of benzene rings is 2. The molecule has 0 radical (unpaired) electrons. The number of nitrogens with zero attached hydrogens (tertiary/aromatic N) is 1. The van der Waals surface area contributed by atoms with Gasteiger partial charge < -0.3 is 14.8 Å². The predicted molar refractivity (Wildman–Crippen MR) is 83.5 cm³/mol. The Labute approximate surface area is 135 Å². The summed E-state index contributed by atoms with van der Waals surface area (Å²) in [5, 5.41) is 13.6. The molecule has 1 aliphatic heterocycles. The lowest BCUT2D eigenvalue weighted by Gasteiger charge is -2.20. The highest BCUT2D eigenvalue weighted by molar-refractivity contribution is 6.32. The number of nitro groups is 1. The van der Waals surface area contributed by atoms with Crippen LogP contribution < -0.4 is 14.8 Å². The molecule has 1 N–H and O–H groups in total. The van der Waals surface area contributed by atoms with E-state index in [2.05, 4.69) is 5.32 Å². The highest BCUT2D eigenvalue weighted by Gasteiger charge is 2.19. The van der Waals surface area contributed by atoms with Gasteiger partial charge in [-0.1, -0.05) is 17.7 Å².